The van der Waals surface area contributed by atoms with E-state index >= 15 is 0 Å². The molecule has 138 valence electrons. The molecule has 0 bridgehead atoms. The van der Waals surface area contributed by atoms with Crippen molar-refractivity contribution in [3.05, 3.63) is 17.1 Å². The summed E-state index contributed by atoms with van der Waals surface area (Å²) in [6.07, 6.45) is 3.52. The first kappa shape index (κ1) is 18.1. The third-order valence-electron chi connectivity index (χ3n) is 5.43. The molecule has 0 radical (unpaired) electrons. The fourth-order valence-corrected chi connectivity index (χ4v) is 3.69. The van der Waals surface area contributed by atoms with Crippen molar-refractivity contribution in [3.8, 4) is 0 Å². The molecule has 0 atom stereocenters. The summed E-state index contributed by atoms with van der Waals surface area (Å²) < 4.78 is 5.62. The third-order valence-corrected chi connectivity index (χ3v) is 5.43. The summed E-state index contributed by atoms with van der Waals surface area (Å²) in [5.74, 6) is 2.30. The highest BCUT2D eigenvalue weighted by molar-refractivity contribution is 5.79. The van der Waals surface area contributed by atoms with Crippen molar-refractivity contribution in [3.63, 3.8) is 0 Å². The second kappa shape index (κ2) is 7.68. The SMILES string of the molecule is Cc1nc2c(c(N3CCC(C(=O)N(C)C(C)C)CC3)n1)CCOCC2. The van der Waals surface area contributed by atoms with Gasteiger partial charge in [0.25, 0.3) is 0 Å². The molecule has 0 unspecified atom stereocenters. The van der Waals surface area contributed by atoms with E-state index in [1.807, 2.05) is 18.9 Å². The first-order valence-corrected chi connectivity index (χ1v) is 9.43. The van der Waals surface area contributed by atoms with Gasteiger partial charge in [-0.15, -0.1) is 0 Å². The van der Waals surface area contributed by atoms with Crippen LogP contribution in [0.25, 0.3) is 0 Å². The van der Waals surface area contributed by atoms with Crippen LogP contribution in [0.15, 0.2) is 0 Å². The first-order valence-electron chi connectivity index (χ1n) is 9.43. The van der Waals surface area contributed by atoms with Gasteiger partial charge in [-0.1, -0.05) is 0 Å². The summed E-state index contributed by atoms with van der Waals surface area (Å²) >= 11 is 0. The van der Waals surface area contributed by atoms with Crippen LogP contribution < -0.4 is 4.90 Å². The predicted octanol–water partition coefficient (Wildman–Crippen LogP) is 1.98. The Kier molecular flexibility index (Phi) is 5.57. The lowest BCUT2D eigenvalue weighted by atomic mass is 9.94. The van der Waals surface area contributed by atoms with E-state index in [1.165, 1.54) is 5.56 Å². The average Bonchev–Trinajstić information content (AvgIpc) is 2.85. The highest BCUT2D eigenvalue weighted by Gasteiger charge is 2.30. The smallest absolute Gasteiger partial charge is 0.225 e. The van der Waals surface area contributed by atoms with Gasteiger partial charge in [-0.2, -0.15) is 0 Å². The fraction of sp³-hybridized carbons (Fsp3) is 0.737. The molecule has 1 amide bonds. The van der Waals surface area contributed by atoms with E-state index in [-0.39, 0.29) is 17.9 Å². The van der Waals surface area contributed by atoms with Gasteiger partial charge in [0.2, 0.25) is 5.91 Å². The van der Waals surface area contributed by atoms with Crippen LogP contribution in [0.3, 0.4) is 0 Å². The minimum absolute atomic E-state index is 0.133. The Morgan fingerprint density at radius 3 is 2.56 bits per heavy atom. The monoisotopic (exact) mass is 346 g/mol. The van der Waals surface area contributed by atoms with Crippen molar-refractivity contribution < 1.29 is 9.53 Å². The zero-order valence-electron chi connectivity index (χ0n) is 15.9. The number of fused-ring (bicyclic) bond motifs is 1. The zero-order chi connectivity index (χ0) is 18.0. The van der Waals surface area contributed by atoms with Gasteiger partial charge in [-0.05, 0) is 33.6 Å². The van der Waals surface area contributed by atoms with Crippen LogP contribution in [0.2, 0.25) is 0 Å². The van der Waals surface area contributed by atoms with E-state index in [4.69, 9.17) is 9.72 Å². The summed E-state index contributed by atoms with van der Waals surface area (Å²) in [6.45, 7) is 9.32. The van der Waals surface area contributed by atoms with Crippen molar-refractivity contribution >= 4 is 11.7 Å². The fourth-order valence-electron chi connectivity index (χ4n) is 3.69. The largest absolute Gasteiger partial charge is 0.381 e. The lowest BCUT2D eigenvalue weighted by molar-refractivity contribution is -0.136. The Bertz CT molecular complexity index is 624. The van der Waals surface area contributed by atoms with E-state index in [2.05, 4.69) is 23.7 Å². The minimum atomic E-state index is 0.133. The first-order chi connectivity index (χ1) is 12.0. The number of aryl methyl sites for hydroxylation is 1. The molecule has 3 heterocycles. The Labute approximate surface area is 150 Å². The average molecular weight is 346 g/mol. The number of anilines is 1. The quantitative estimate of drug-likeness (QED) is 0.838. The Hall–Kier alpha value is -1.69. The number of carbonyl (C=O) groups is 1. The molecule has 6 nitrogen and oxygen atoms in total. The lowest BCUT2D eigenvalue weighted by Crippen LogP contribution is -2.44. The molecule has 25 heavy (non-hydrogen) atoms. The molecular formula is C19H30N4O2. The summed E-state index contributed by atoms with van der Waals surface area (Å²) in [5.41, 5.74) is 2.38. The predicted molar refractivity (Wildman–Crippen MR) is 97.8 cm³/mol. The van der Waals surface area contributed by atoms with Gasteiger partial charge in [0.05, 0.1) is 18.9 Å². The second-order valence-electron chi connectivity index (χ2n) is 7.44. The van der Waals surface area contributed by atoms with Gasteiger partial charge in [0.1, 0.15) is 11.6 Å². The van der Waals surface area contributed by atoms with Gasteiger partial charge < -0.3 is 14.5 Å². The van der Waals surface area contributed by atoms with Gasteiger partial charge in [-0.3, -0.25) is 4.79 Å². The van der Waals surface area contributed by atoms with Crippen LogP contribution in [0.5, 0.6) is 0 Å². The maximum absolute atomic E-state index is 12.6. The molecule has 1 aromatic heterocycles. The number of hydrogen-bond acceptors (Lipinski definition) is 5. The Morgan fingerprint density at radius 1 is 1.20 bits per heavy atom. The molecule has 0 aromatic carbocycles. The van der Waals surface area contributed by atoms with Crippen molar-refractivity contribution in [1.29, 1.82) is 0 Å². The van der Waals surface area contributed by atoms with Crippen LogP contribution >= 0.6 is 0 Å². The summed E-state index contributed by atoms with van der Waals surface area (Å²) in [4.78, 5) is 26.2. The van der Waals surface area contributed by atoms with Crippen molar-refractivity contribution in [1.82, 2.24) is 14.9 Å². The molecule has 0 N–H and O–H groups in total. The topological polar surface area (TPSA) is 58.6 Å². The van der Waals surface area contributed by atoms with E-state index in [9.17, 15) is 4.79 Å². The number of aromatic nitrogens is 2. The summed E-state index contributed by atoms with van der Waals surface area (Å²) in [5, 5.41) is 0. The van der Waals surface area contributed by atoms with E-state index in [1.54, 1.807) is 0 Å². The van der Waals surface area contributed by atoms with E-state index in [0.717, 1.165) is 69.3 Å². The highest BCUT2D eigenvalue weighted by atomic mass is 16.5. The molecule has 1 aromatic rings. The molecule has 1 saturated heterocycles. The van der Waals surface area contributed by atoms with Crippen molar-refractivity contribution in [2.45, 2.75) is 52.5 Å². The number of piperidine rings is 1. The van der Waals surface area contributed by atoms with E-state index in [0.29, 0.717) is 0 Å². The van der Waals surface area contributed by atoms with Crippen molar-refractivity contribution in [2.24, 2.45) is 5.92 Å². The molecule has 0 saturated carbocycles. The molecule has 3 rings (SSSR count). The van der Waals surface area contributed by atoms with Gasteiger partial charge >= 0.3 is 0 Å². The van der Waals surface area contributed by atoms with Crippen LogP contribution in [0.1, 0.15) is 43.8 Å². The minimum Gasteiger partial charge on any atom is -0.381 e. The number of nitrogens with zero attached hydrogens (tertiary/aromatic N) is 4. The Morgan fingerprint density at radius 2 is 1.88 bits per heavy atom. The van der Waals surface area contributed by atoms with Gasteiger partial charge in [-0.25, -0.2) is 9.97 Å². The maximum atomic E-state index is 12.6. The van der Waals surface area contributed by atoms with Crippen LogP contribution in [-0.2, 0) is 22.4 Å². The second-order valence-corrected chi connectivity index (χ2v) is 7.44. The van der Waals surface area contributed by atoms with Crippen molar-refractivity contribution in [2.75, 3.05) is 38.3 Å². The highest BCUT2D eigenvalue weighted by Crippen LogP contribution is 2.29. The Balaban J connectivity index is 1.73. The standard InChI is InChI=1S/C19H30N4O2/c1-13(2)22(4)19(24)15-5-9-23(10-6-15)18-16-7-11-25-12-8-17(16)20-14(3)21-18/h13,15H,5-12H2,1-4H3. The zero-order valence-corrected chi connectivity index (χ0v) is 15.9. The molecule has 2 aliphatic rings. The number of hydrogen-bond donors (Lipinski definition) is 0. The normalized spacial score (nSPS) is 18.8. The molecule has 6 heteroatoms. The number of rotatable bonds is 3. The number of carbonyl (C=O) groups excluding carboxylic acids is 1. The summed E-state index contributed by atoms with van der Waals surface area (Å²) in [7, 11) is 1.91. The van der Waals surface area contributed by atoms with Gasteiger partial charge in [0, 0.05) is 50.5 Å². The molecule has 0 spiro atoms. The lowest BCUT2D eigenvalue weighted by Gasteiger charge is -2.35. The van der Waals surface area contributed by atoms with E-state index < -0.39 is 0 Å². The molecule has 2 aliphatic heterocycles. The third kappa shape index (κ3) is 3.94. The number of amides is 1. The molecule has 0 aliphatic carbocycles. The molecular weight excluding hydrogens is 316 g/mol. The van der Waals surface area contributed by atoms with Crippen LogP contribution in [0, 0.1) is 12.8 Å². The number of ether oxygens (including phenoxy) is 1. The maximum Gasteiger partial charge on any atom is 0.225 e. The summed E-state index contributed by atoms with van der Waals surface area (Å²) in [6, 6.07) is 0.255. The molecule has 1 fully saturated rings. The van der Waals surface area contributed by atoms with Crippen LogP contribution in [-0.4, -0.2) is 60.2 Å². The van der Waals surface area contributed by atoms with Crippen LogP contribution in [0.4, 0.5) is 5.82 Å². The van der Waals surface area contributed by atoms with Gasteiger partial charge in [0.15, 0.2) is 0 Å².